The van der Waals surface area contributed by atoms with Gasteiger partial charge < -0.3 is 0 Å². The highest BCUT2D eigenvalue weighted by Gasteiger charge is 2.06. The van der Waals surface area contributed by atoms with Gasteiger partial charge in [0.15, 0.2) is 19.7 Å². The molecular weight excluding hydrogens is 238 g/mol. The minimum Gasteiger partial charge on any atom is -0.240 e. The second-order valence-electron chi connectivity index (χ2n) is 2.74. The van der Waals surface area contributed by atoms with E-state index in [4.69, 9.17) is 0 Å². The Morgan fingerprint density at radius 2 is 1.20 bits per heavy atom. The molecule has 0 saturated heterocycles. The van der Waals surface area contributed by atoms with Crippen LogP contribution in [0.1, 0.15) is 0 Å². The molecule has 15 heavy (non-hydrogen) atoms. The van der Waals surface area contributed by atoms with Gasteiger partial charge in [0.05, 0.1) is 11.5 Å². The number of sulfone groups is 2. The van der Waals surface area contributed by atoms with Crippen molar-refractivity contribution in [3.05, 3.63) is 24.0 Å². The van der Waals surface area contributed by atoms with Gasteiger partial charge in [0, 0.05) is 23.9 Å². The molecule has 0 amide bonds. The standard InChI is InChI=1S/C8H14NO4S2/c1-3-14(10,11)7-5-9-6-8-15(12,13)4-2/h3-4H,1-2,5-8H2. The highest BCUT2D eigenvalue weighted by atomic mass is 32.2. The summed E-state index contributed by atoms with van der Waals surface area (Å²) in [6, 6.07) is 0. The highest BCUT2D eigenvalue weighted by molar-refractivity contribution is 7.94. The van der Waals surface area contributed by atoms with E-state index in [2.05, 4.69) is 18.5 Å². The predicted octanol–water partition coefficient (Wildman–Crippen LogP) is -0.293. The minimum atomic E-state index is -3.24. The summed E-state index contributed by atoms with van der Waals surface area (Å²) in [5.74, 6) is -0.269. The van der Waals surface area contributed by atoms with Gasteiger partial charge in [-0.15, -0.1) is 0 Å². The molecule has 0 aromatic carbocycles. The summed E-state index contributed by atoms with van der Waals surface area (Å²) >= 11 is 0. The number of rotatable bonds is 8. The third-order valence-electron chi connectivity index (χ3n) is 1.58. The zero-order valence-electron chi connectivity index (χ0n) is 8.29. The molecular formula is C8H14NO4S2. The quantitative estimate of drug-likeness (QED) is 0.556. The normalized spacial score (nSPS) is 12.3. The number of nitrogens with zero attached hydrogens (tertiary/aromatic N) is 1. The summed E-state index contributed by atoms with van der Waals surface area (Å²) in [6.07, 6.45) is 0. The fraction of sp³-hybridized carbons (Fsp3) is 0.500. The Hall–Kier alpha value is -0.660. The lowest BCUT2D eigenvalue weighted by atomic mass is 10.7. The van der Waals surface area contributed by atoms with Crippen molar-refractivity contribution >= 4 is 19.7 Å². The average Bonchev–Trinajstić information content (AvgIpc) is 2.17. The van der Waals surface area contributed by atoms with E-state index in [0.29, 0.717) is 0 Å². The van der Waals surface area contributed by atoms with Crippen LogP contribution in [-0.2, 0) is 19.7 Å². The molecule has 0 aliphatic heterocycles. The fourth-order valence-electron chi connectivity index (χ4n) is 0.662. The Morgan fingerprint density at radius 3 is 1.47 bits per heavy atom. The number of hydrogen-bond donors (Lipinski definition) is 0. The molecule has 7 heteroatoms. The van der Waals surface area contributed by atoms with Gasteiger partial charge in [-0.3, -0.25) is 0 Å². The summed E-state index contributed by atoms with van der Waals surface area (Å²) in [7, 11) is -6.48. The largest absolute Gasteiger partial charge is 0.240 e. The van der Waals surface area contributed by atoms with Crippen LogP contribution in [0.25, 0.3) is 0 Å². The van der Waals surface area contributed by atoms with Gasteiger partial charge in [-0.1, -0.05) is 13.2 Å². The monoisotopic (exact) mass is 252 g/mol. The molecule has 0 spiro atoms. The first-order valence-corrected chi connectivity index (χ1v) is 7.60. The highest BCUT2D eigenvalue weighted by Crippen LogP contribution is 1.91. The Bertz CT molecular complexity index is 368. The fourth-order valence-corrected chi connectivity index (χ4v) is 1.76. The van der Waals surface area contributed by atoms with Crippen molar-refractivity contribution in [1.29, 1.82) is 0 Å². The second kappa shape index (κ2) is 6.04. The maximum atomic E-state index is 10.9. The summed E-state index contributed by atoms with van der Waals surface area (Å²) in [5, 5.41) is 5.51. The smallest absolute Gasteiger partial charge is 0.172 e. The molecule has 0 heterocycles. The summed E-state index contributed by atoms with van der Waals surface area (Å²) < 4.78 is 43.6. The molecule has 0 saturated carbocycles. The van der Waals surface area contributed by atoms with Crippen LogP contribution in [-0.4, -0.2) is 41.4 Å². The van der Waals surface area contributed by atoms with E-state index in [1.165, 1.54) is 0 Å². The van der Waals surface area contributed by atoms with Crippen molar-refractivity contribution in [3.8, 4) is 0 Å². The van der Waals surface area contributed by atoms with Crippen molar-refractivity contribution < 1.29 is 16.8 Å². The van der Waals surface area contributed by atoms with Gasteiger partial charge in [0.1, 0.15) is 0 Å². The summed E-state index contributed by atoms with van der Waals surface area (Å²) in [4.78, 5) is 0. The van der Waals surface area contributed by atoms with Gasteiger partial charge in [-0.25, -0.2) is 22.2 Å². The van der Waals surface area contributed by atoms with Crippen LogP contribution in [0.4, 0.5) is 0 Å². The minimum absolute atomic E-state index is 0.0843. The van der Waals surface area contributed by atoms with Gasteiger partial charge >= 0.3 is 0 Å². The molecule has 5 nitrogen and oxygen atoms in total. The van der Waals surface area contributed by atoms with Crippen LogP contribution in [0.5, 0.6) is 0 Å². The number of hydrogen-bond acceptors (Lipinski definition) is 4. The first-order valence-electron chi connectivity index (χ1n) is 4.16. The van der Waals surface area contributed by atoms with E-state index in [0.717, 1.165) is 10.8 Å². The molecule has 0 aliphatic carbocycles. The molecule has 0 fully saturated rings. The third kappa shape index (κ3) is 7.29. The van der Waals surface area contributed by atoms with Crippen molar-refractivity contribution in [1.82, 2.24) is 5.32 Å². The lowest BCUT2D eigenvalue weighted by molar-refractivity contribution is 0.596. The van der Waals surface area contributed by atoms with Crippen molar-refractivity contribution in [2.75, 3.05) is 24.6 Å². The van der Waals surface area contributed by atoms with Gasteiger partial charge in [0.2, 0.25) is 0 Å². The molecule has 0 aromatic heterocycles. The lowest BCUT2D eigenvalue weighted by Gasteiger charge is -2.00. The maximum Gasteiger partial charge on any atom is 0.172 e. The van der Waals surface area contributed by atoms with Crippen LogP contribution in [0.15, 0.2) is 24.0 Å². The Kier molecular flexibility index (Phi) is 5.77. The van der Waals surface area contributed by atoms with Crippen LogP contribution in [0.3, 0.4) is 0 Å². The zero-order chi connectivity index (χ0) is 11.9. The van der Waals surface area contributed by atoms with Crippen LogP contribution >= 0.6 is 0 Å². The van der Waals surface area contributed by atoms with Crippen LogP contribution < -0.4 is 5.32 Å². The molecule has 0 aromatic rings. The van der Waals surface area contributed by atoms with E-state index >= 15 is 0 Å². The molecule has 0 bridgehead atoms. The summed E-state index contributed by atoms with van der Waals surface area (Å²) in [6.45, 7) is 6.46. The molecule has 0 aliphatic rings. The lowest BCUT2D eigenvalue weighted by Crippen LogP contribution is -2.21. The first-order chi connectivity index (χ1) is 6.83. The van der Waals surface area contributed by atoms with Crippen molar-refractivity contribution in [2.45, 2.75) is 0 Å². The van der Waals surface area contributed by atoms with E-state index in [1.54, 1.807) is 0 Å². The predicted molar refractivity (Wildman–Crippen MR) is 59.8 cm³/mol. The Morgan fingerprint density at radius 1 is 0.867 bits per heavy atom. The van der Waals surface area contributed by atoms with E-state index in [9.17, 15) is 16.8 Å². The van der Waals surface area contributed by atoms with Crippen LogP contribution in [0.2, 0.25) is 0 Å². The zero-order valence-corrected chi connectivity index (χ0v) is 9.93. The molecule has 87 valence electrons. The SMILES string of the molecule is C=CS(=O)(=O)CC[N]CCS(=O)(=O)C=C. The summed E-state index contributed by atoms with van der Waals surface area (Å²) in [5.41, 5.74) is 0. The average molecular weight is 252 g/mol. The molecule has 0 rings (SSSR count). The van der Waals surface area contributed by atoms with Crippen molar-refractivity contribution in [2.24, 2.45) is 0 Å². The molecule has 0 N–H and O–H groups in total. The van der Waals surface area contributed by atoms with E-state index in [1.807, 2.05) is 0 Å². The Balaban J connectivity index is 3.75. The third-order valence-corrected chi connectivity index (χ3v) is 4.09. The van der Waals surface area contributed by atoms with Gasteiger partial charge in [-0.05, 0) is 0 Å². The van der Waals surface area contributed by atoms with Gasteiger partial charge in [-0.2, -0.15) is 0 Å². The second-order valence-corrected chi connectivity index (χ2v) is 6.87. The molecule has 0 unspecified atom stereocenters. The Labute approximate surface area is 90.7 Å². The topological polar surface area (TPSA) is 82.4 Å². The van der Waals surface area contributed by atoms with E-state index in [-0.39, 0.29) is 24.6 Å². The molecule has 1 radical (unpaired) electrons. The van der Waals surface area contributed by atoms with Crippen molar-refractivity contribution in [3.63, 3.8) is 0 Å². The molecule has 0 atom stereocenters. The first kappa shape index (κ1) is 14.3. The van der Waals surface area contributed by atoms with E-state index < -0.39 is 19.7 Å². The maximum absolute atomic E-state index is 10.9. The van der Waals surface area contributed by atoms with Gasteiger partial charge in [0.25, 0.3) is 0 Å². The van der Waals surface area contributed by atoms with Crippen LogP contribution in [0, 0.1) is 0 Å².